The van der Waals surface area contributed by atoms with Crippen LogP contribution in [-0.4, -0.2) is 39.6 Å². The Kier molecular flexibility index (Phi) is 4.09. The average molecular weight is 406 g/mol. The number of hydrogen-bond donors (Lipinski definition) is 1. The molecule has 9 nitrogen and oxygen atoms in total. The number of fused-ring (bicyclic) bond motifs is 2. The maximum Gasteiger partial charge on any atom is 0.278 e. The maximum atomic E-state index is 13.0. The highest BCUT2D eigenvalue weighted by Crippen LogP contribution is 2.27. The Labute approximate surface area is 170 Å². The summed E-state index contributed by atoms with van der Waals surface area (Å²) in [6.45, 7) is 0.482. The first kappa shape index (κ1) is 18.0. The van der Waals surface area contributed by atoms with E-state index in [1.165, 1.54) is 4.52 Å². The van der Waals surface area contributed by atoms with Gasteiger partial charge < -0.3 is 18.8 Å². The number of amides is 1. The van der Waals surface area contributed by atoms with E-state index in [-0.39, 0.29) is 23.7 Å². The fraction of sp³-hybridized carbons (Fsp3) is 0.190. The lowest BCUT2D eigenvalue weighted by Gasteiger charge is -2.16. The number of nitrogens with zero attached hydrogens (tertiary/aromatic N) is 3. The Morgan fingerprint density at radius 2 is 1.90 bits per heavy atom. The molecule has 5 rings (SSSR count). The van der Waals surface area contributed by atoms with Gasteiger partial charge >= 0.3 is 0 Å². The predicted octanol–water partition coefficient (Wildman–Crippen LogP) is 2.46. The van der Waals surface area contributed by atoms with Crippen molar-refractivity contribution in [1.29, 1.82) is 0 Å². The molecule has 0 aliphatic carbocycles. The van der Waals surface area contributed by atoms with E-state index in [9.17, 15) is 9.59 Å². The van der Waals surface area contributed by atoms with Crippen LogP contribution < -0.4 is 15.0 Å². The monoisotopic (exact) mass is 406 g/mol. The number of carbonyl (C=O) groups excluding carboxylic acids is 1. The fourth-order valence-corrected chi connectivity index (χ4v) is 3.65. The smallest absolute Gasteiger partial charge is 0.278 e. The molecule has 30 heavy (non-hydrogen) atoms. The molecule has 0 spiro atoms. The molecule has 1 amide bonds. The summed E-state index contributed by atoms with van der Waals surface area (Å²) in [7, 11) is 3.14. The second-order valence-corrected chi connectivity index (χ2v) is 6.97. The third-order valence-electron chi connectivity index (χ3n) is 5.12. The van der Waals surface area contributed by atoms with E-state index in [1.807, 2.05) is 12.1 Å². The van der Waals surface area contributed by atoms with E-state index < -0.39 is 0 Å². The molecular weight excluding hydrogens is 388 g/mol. The first-order chi connectivity index (χ1) is 14.6. The number of methoxy groups -OCH3 is 2. The van der Waals surface area contributed by atoms with E-state index in [0.29, 0.717) is 40.7 Å². The van der Waals surface area contributed by atoms with E-state index in [4.69, 9.17) is 13.9 Å². The normalized spacial score (nSPS) is 13.1. The van der Waals surface area contributed by atoms with Crippen molar-refractivity contribution in [2.24, 2.45) is 0 Å². The molecule has 0 saturated carbocycles. The van der Waals surface area contributed by atoms with Crippen LogP contribution in [0.15, 0.2) is 51.9 Å². The van der Waals surface area contributed by atoms with Crippen LogP contribution in [0, 0.1) is 0 Å². The van der Waals surface area contributed by atoms with Crippen molar-refractivity contribution in [3.63, 3.8) is 0 Å². The van der Waals surface area contributed by atoms with Crippen molar-refractivity contribution in [3.05, 3.63) is 69.8 Å². The molecular formula is C21H18N4O5. The van der Waals surface area contributed by atoms with Crippen molar-refractivity contribution in [2.75, 3.05) is 14.2 Å². The molecule has 4 aromatic rings. The van der Waals surface area contributed by atoms with Gasteiger partial charge in [0.2, 0.25) is 0 Å². The fourth-order valence-electron chi connectivity index (χ4n) is 3.65. The van der Waals surface area contributed by atoms with Gasteiger partial charge in [-0.2, -0.15) is 0 Å². The molecule has 0 fully saturated rings. The Hall–Kier alpha value is -4.01. The summed E-state index contributed by atoms with van der Waals surface area (Å²) in [4.78, 5) is 32.0. The van der Waals surface area contributed by atoms with Gasteiger partial charge in [-0.3, -0.25) is 14.7 Å². The zero-order valence-corrected chi connectivity index (χ0v) is 16.3. The number of rotatable bonds is 5. The summed E-state index contributed by atoms with van der Waals surface area (Å²) < 4.78 is 17.3. The number of nitrogens with one attached hydrogen (secondary N) is 1. The predicted molar refractivity (Wildman–Crippen MR) is 107 cm³/mol. The lowest BCUT2D eigenvalue weighted by atomic mass is 10.2. The largest absolute Gasteiger partial charge is 0.497 e. The van der Waals surface area contributed by atoms with Gasteiger partial charge in [0, 0.05) is 18.7 Å². The van der Waals surface area contributed by atoms with Gasteiger partial charge in [-0.25, -0.2) is 9.50 Å². The van der Waals surface area contributed by atoms with Gasteiger partial charge in [-0.15, -0.1) is 0 Å². The standard InChI is InChI=1S/C21H18N4O5/c1-28-13-6-12(7-14(8-13)29-2)10-24-11-15-19(21(24)27)22-18-9-16(17-4-3-5-30-17)23-25(18)20(15)26/h3-9,23H,10-11H2,1-2H3. The Bertz CT molecular complexity index is 1300. The second kappa shape index (κ2) is 6.80. The minimum Gasteiger partial charge on any atom is -0.497 e. The van der Waals surface area contributed by atoms with Crippen molar-refractivity contribution in [1.82, 2.24) is 19.5 Å². The molecule has 0 radical (unpaired) electrons. The van der Waals surface area contributed by atoms with Crippen LogP contribution in [0.2, 0.25) is 0 Å². The molecule has 4 heterocycles. The number of H-pyrrole nitrogens is 1. The Morgan fingerprint density at radius 1 is 1.13 bits per heavy atom. The maximum absolute atomic E-state index is 13.0. The minimum absolute atomic E-state index is 0.178. The molecule has 152 valence electrons. The number of hydrogen-bond acceptors (Lipinski definition) is 6. The molecule has 0 atom stereocenters. The van der Waals surface area contributed by atoms with Gasteiger partial charge in [-0.05, 0) is 29.8 Å². The summed E-state index contributed by atoms with van der Waals surface area (Å²) in [5.41, 5.74) is 2.05. The van der Waals surface area contributed by atoms with Crippen molar-refractivity contribution in [2.45, 2.75) is 13.1 Å². The summed E-state index contributed by atoms with van der Waals surface area (Å²) in [5, 5.41) is 2.99. The first-order valence-electron chi connectivity index (χ1n) is 9.27. The van der Waals surface area contributed by atoms with E-state index >= 15 is 0 Å². The van der Waals surface area contributed by atoms with Crippen molar-refractivity contribution in [3.8, 4) is 23.0 Å². The van der Waals surface area contributed by atoms with Crippen LogP contribution in [0.25, 0.3) is 17.1 Å². The molecule has 0 bridgehead atoms. The topological polar surface area (TPSA) is 102 Å². The first-order valence-corrected chi connectivity index (χ1v) is 9.27. The SMILES string of the molecule is COc1cc(CN2Cc3c(nc4cc(-c5ccco5)[nH]n4c3=O)C2=O)cc(OC)c1. The van der Waals surface area contributed by atoms with E-state index in [1.54, 1.807) is 49.6 Å². The summed E-state index contributed by atoms with van der Waals surface area (Å²) >= 11 is 0. The second-order valence-electron chi connectivity index (χ2n) is 6.97. The highest BCUT2D eigenvalue weighted by atomic mass is 16.5. The van der Waals surface area contributed by atoms with Crippen LogP contribution in [0.3, 0.4) is 0 Å². The molecule has 1 aliphatic heterocycles. The van der Waals surface area contributed by atoms with Gasteiger partial charge in [-0.1, -0.05) is 0 Å². The Balaban J connectivity index is 1.49. The van der Waals surface area contributed by atoms with Crippen LogP contribution in [-0.2, 0) is 13.1 Å². The highest BCUT2D eigenvalue weighted by Gasteiger charge is 2.33. The number of aromatic amines is 1. The highest BCUT2D eigenvalue weighted by molar-refractivity contribution is 5.96. The number of benzene rings is 1. The van der Waals surface area contributed by atoms with Gasteiger partial charge in [0.1, 0.15) is 22.9 Å². The number of furan rings is 1. The van der Waals surface area contributed by atoms with Crippen LogP contribution in [0.5, 0.6) is 11.5 Å². The summed E-state index contributed by atoms with van der Waals surface area (Å²) in [6, 6.07) is 10.6. The lowest BCUT2D eigenvalue weighted by molar-refractivity contribution is 0.0762. The zero-order valence-electron chi connectivity index (χ0n) is 16.3. The Morgan fingerprint density at radius 3 is 2.57 bits per heavy atom. The third-order valence-corrected chi connectivity index (χ3v) is 5.12. The van der Waals surface area contributed by atoms with Gasteiger partial charge in [0.15, 0.2) is 11.4 Å². The molecule has 0 saturated heterocycles. The molecule has 1 aliphatic rings. The van der Waals surface area contributed by atoms with Gasteiger partial charge in [0.25, 0.3) is 11.5 Å². The number of ether oxygens (including phenoxy) is 2. The van der Waals surface area contributed by atoms with Crippen LogP contribution >= 0.6 is 0 Å². The molecule has 3 aromatic heterocycles. The zero-order chi connectivity index (χ0) is 20.8. The summed E-state index contributed by atoms with van der Waals surface area (Å²) in [5.74, 6) is 1.56. The summed E-state index contributed by atoms with van der Waals surface area (Å²) in [6.07, 6.45) is 1.55. The third kappa shape index (κ3) is 2.83. The van der Waals surface area contributed by atoms with Gasteiger partial charge in [0.05, 0.1) is 32.6 Å². The molecule has 1 N–H and O–H groups in total. The number of carbonyl (C=O) groups is 1. The van der Waals surface area contributed by atoms with E-state index in [2.05, 4.69) is 10.1 Å². The average Bonchev–Trinajstić information content (AvgIpc) is 3.49. The minimum atomic E-state index is -0.299. The molecule has 1 aromatic carbocycles. The number of aromatic nitrogens is 3. The molecule has 0 unspecified atom stereocenters. The van der Waals surface area contributed by atoms with Crippen LogP contribution in [0.1, 0.15) is 21.6 Å². The van der Waals surface area contributed by atoms with E-state index in [0.717, 1.165) is 5.56 Å². The van der Waals surface area contributed by atoms with Crippen molar-refractivity contribution >= 4 is 11.6 Å². The lowest BCUT2D eigenvalue weighted by Crippen LogP contribution is -2.24. The molecule has 9 heteroatoms. The van der Waals surface area contributed by atoms with Crippen molar-refractivity contribution < 1.29 is 18.7 Å². The van der Waals surface area contributed by atoms with Crippen LogP contribution in [0.4, 0.5) is 0 Å². The quantitative estimate of drug-likeness (QED) is 0.546.